The molecule has 2 atom stereocenters. The first-order valence-corrected chi connectivity index (χ1v) is 5.85. The van der Waals surface area contributed by atoms with Crippen LogP contribution in [-0.2, 0) is 0 Å². The van der Waals surface area contributed by atoms with E-state index in [9.17, 15) is 0 Å². The average molecular weight is 181 g/mol. The van der Waals surface area contributed by atoms with E-state index in [4.69, 9.17) is 0 Å². The van der Waals surface area contributed by atoms with Crippen LogP contribution in [0.25, 0.3) is 0 Å². The summed E-state index contributed by atoms with van der Waals surface area (Å²) in [5, 5.41) is 0. The summed E-state index contributed by atoms with van der Waals surface area (Å²) in [4.78, 5) is 2.72. The third kappa shape index (κ3) is 1.90. The van der Waals surface area contributed by atoms with Crippen molar-refractivity contribution in [1.82, 2.24) is 4.90 Å². The summed E-state index contributed by atoms with van der Waals surface area (Å²) in [6.45, 7) is 9.77. The predicted molar refractivity (Wildman–Crippen MR) is 56.8 cm³/mol. The lowest BCUT2D eigenvalue weighted by Gasteiger charge is -2.34. The van der Waals surface area contributed by atoms with Crippen LogP contribution in [0.5, 0.6) is 0 Å². The van der Waals surface area contributed by atoms with Gasteiger partial charge in [-0.25, -0.2) is 0 Å². The fourth-order valence-corrected chi connectivity index (χ4v) is 3.46. The molecule has 0 aromatic heterocycles. The van der Waals surface area contributed by atoms with Gasteiger partial charge < -0.3 is 4.90 Å². The topological polar surface area (TPSA) is 3.24 Å². The Hall–Kier alpha value is -0.0400. The van der Waals surface area contributed by atoms with E-state index < -0.39 is 0 Å². The van der Waals surface area contributed by atoms with Gasteiger partial charge in [-0.1, -0.05) is 20.8 Å². The van der Waals surface area contributed by atoms with Gasteiger partial charge in [0.05, 0.1) is 0 Å². The zero-order chi connectivity index (χ0) is 9.47. The average Bonchev–Trinajstić information content (AvgIpc) is 2.41. The molecule has 2 fully saturated rings. The molecule has 0 spiro atoms. The summed E-state index contributed by atoms with van der Waals surface area (Å²) in [6.07, 6.45) is 5.90. The van der Waals surface area contributed by atoms with Crippen molar-refractivity contribution in [1.29, 1.82) is 0 Å². The molecule has 1 heterocycles. The molecule has 1 saturated carbocycles. The van der Waals surface area contributed by atoms with Gasteiger partial charge in [0.1, 0.15) is 0 Å². The number of fused-ring (bicyclic) bond motifs is 2. The molecular formula is C12H23N. The third-order valence-electron chi connectivity index (χ3n) is 3.91. The second kappa shape index (κ2) is 3.27. The van der Waals surface area contributed by atoms with E-state index in [-0.39, 0.29) is 0 Å². The van der Waals surface area contributed by atoms with Crippen molar-refractivity contribution in [2.75, 3.05) is 13.1 Å². The molecule has 0 aromatic carbocycles. The number of nitrogens with zero attached hydrogens (tertiary/aromatic N) is 1. The van der Waals surface area contributed by atoms with Crippen LogP contribution in [0.2, 0.25) is 0 Å². The van der Waals surface area contributed by atoms with E-state index in [1.165, 1.54) is 38.8 Å². The smallest absolute Gasteiger partial charge is 0.00981 e. The molecule has 13 heavy (non-hydrogen) atoms. The van der Waals surface area contributed by atoms with Crippen LogP contribution in [-0.4, -0.2) is 24.0 Å². The zero-order valence-corrected chi connectivity index (χ0v) is 9.34. The van der Waals surface area contributed by atoms with E-state index in [2.05, 4.69) is 25.7 Å². The van der Waals surface area contributed by atoms with Gasteiger partial charge in [-0.2, -0.15) is 0 Å². The van der Waals surface area contributed by atoms with Crippen molar-refractivity contribution < 1.29 is 0 Å². The standard InChI is InChI=1S/C12H23N/c1-4-13-9-12(2,3)8-10-5-6-11(13)7-10/h10-11H,4-9H2,1-3H3. The van der Waals surface area contributed by atoms with Crippen LogP contribution in [0.1, 0.15) is 46.5 Å². The number of likely N-dealkylation sites (tertiary alicyclic amines) is 1. The van der Waals surface area contributed by atoms with Crippen LogP contribution in [0.4, 0.5) is 0 Å². The Labute approximate surface area is 82.5 Å². The molecule has 76 valence electrons. The summed E-state index contributed by atoms with van der Waals surface area (Å²) in [5.41, 5.74) is 0.565. The Kier molecular flexibility index (Phi) is 2.39. The normalized spacial score (nSPS) is 39.0. The minimum atomic E-state index is 0.565. The quantitative estimate of drug-likeness (QED) is 0.601. The minimum absolute atomic E-state index is 0.565. The molecule has 2 unspecified atom stereocenters. The maximum Gasteiger partial charge on any atom is 0.00981 e. The van der Waals surface area contributed by atoms with Crippen molar-refractivity contribution >= 4 is 0 Å². The Morgan fingerprint density at radius 2 is 2.08 bits per heavy atom. The molecule has 2 aliphatic rings. The van der Waals surface area contributed by atoms with Crippen LogP contribution in [0.15, 0.2) is 0 Å². The molecular weight excluding hydrogens is 158 g/mol. The number of hydrogen-bond donors (Lipinski definition) is 0. The van der Waals surface area contributed by atoms with Crippen LogP contribution in [0.3, 0.4) is 0 Å². The Balaban J connectivity index is 2.12. The molecule has 2 rings (SSSR count). The third-order valence-corrected chi connectivity index (χ3v) is 3.91. The molecule has 0 N–H and O–H groups in total. The molecule has 1 aliphatic carbocycles. The Morgan fingerprint density at radius 1 is 1.31 bits per heavy atom. The zero-order valence-electron chi connectivity index (χ0n) is 9.34. The van der Waals surface area contributed by atoms with Gasteiger partial charge in [-0.05, 0) is 43.6 Å². The molecule has 0 radical (unpaired) electrons. The number of hydrogen-bond acceptors (Lipinski definition) is 1. The maximum absolute atomic E-state index is 2.72. The molecule has 1 aliphatic heterocycles. The Morgan fingerprint density at radius 3 is 2.77 bits per heavy atom. The van der Waals surface area contributed by atoms with Gasteiger partial charge in [-0.15, -0.1) is 0 Å². The Bertz CT molecular complexity index is 186. The highest BCUT2D eigenvalue weighted by atomic mass is 15.2. The highest BCUT2D eigenvalue weighted by molar-refractivity contribution is 4.91. The first kappa shape index (κ1) is 9.51. The van der Waals surface area contributed by atoms with Gasteiger partial charge in [-0.3, -0.25) is 0 Å². The lowest BCUT2D eigenvalue weighted by molar-refractivity contribution is 0.141. The van der Waals surface area contributed by atoms with E-state index in [1.807, 2.05) is 0 Å². The van der Waals surface area contributed by atoms with E-state index in [0.717, 1.165) is 12.0 Å². The van der Waals surface area contributed by atoms with Gasteiger partial charge in [0.2, 0.25) is 0 Å². The summed E-state index contributed by atoms with van der Waals surface area (Å²) in [7, 11) is 0. The van der Waals surface area contributed by atoms with E-state index >= 15 is 0 Å². The second-order valence-corrected chi connectivity index (χ2v) is 5.76. The van der Waals surface area contributed by atoms with Crippen molar-refractivity contribution in [3.8, 4) is 0 Å². The van der Waals surface area contributed by atoms with E-state index in [1.54, 1.807) is 0 Å². The van der Waals surface area contributed by atoms with Crippen LogP contribution >= 0.6 is 0 Å². The molecule has 0 amide bonds. The van der Waals surface area contributed by atoms with Gasteiger partial charge in [0.25, 0.3) is 0 Å². The highest BCUT2D eigenvalue weighted by Crippen LogP contribution is 2.42. The van der Waals surface area contributed by atoms with E-state index in [0.29, 0.717) is 5.41 Å². The second-order valence-electron chi connectivity index (χ2n) is 5.76. The summed E-state index contributed by atoms with van der Waals surface area (Å²) < 4.78 is 0. The monoisotopic (exact) mass is 181 g/mol. The van der Waals surface area contributed by atoms with Crippen LogP contribution in [0, 0.1) is 11.3 Å². The van der Waals surface area contributed by atoms with Gasteiger partial charge >= 0.3 is 0 Å². The predicted octanol–water partition coefficient (Wildman–Crippen LogP) is 2.91. The van der Waals surface area contributed by atoms with Crippen molar-refractivity contribution in [2.24, 2.45) is 11.3 Å². The van der Waals surface area contributed by atoms with Crippen molar-refractivity contribution in [3.63, 3.8) is 0 Å². The fraction of sp³-hybridized carbons (Fsp3) is 1.00. The van der Waals surface area contributed by atoms with Gasteiger partial charge in [0, 0.05) is 12.6 Å². The SMILES string of the molecule is CCN1CC(C)(C)CC2CCC1C2. The maximum atomic E-state index is 2.72. The molecule has 0 aromatic rings. The highest BCUT2D eigenvalue weighted by Gasteiger charge is 2.38. The largest absolute Gasteiger partial charge is 0.300 e. The first-order chi connectivity index (χ1) is 6.11. The fourth-order valence-electron chi connectivity index (χ4n) is 3.46. The summed E-state index contributed by atoms with van der Waals surface area (Å²) in [5.74, 6) is 1.04. The van der Waals surface area contributed by atoms with Crippen molar-refractivity contribution in [3.05, 3.63) is 0 Å². The molecule has 1 heteroatoms. The minimum Gasteiger partial charge on any atom is -0.300 e. The first-order valence-electron chi connectivity index (χ1n) is 5.85. The lowest BCUT2D eigenvalue weighted by atomic mass is 9.82. The molecule has 1 nitrogen and oxygen atoms in total. The summed E-state index contributed by atoms with van der Waals surface area (Å²) in [6, 6.07) is 0.928. The number of rotatable bonds is 1. The van der Waals surface area contributed by atoms with Crippen LogP contribution < -0.4 is 0 Å². The van der Waals surface area contributed by atoms with Gasteiger partial charge in [0.15, 0.2) is 0 Å². The lowest BCUT2D eigenvalue weighted by Crippen LogP contribution is -2.38. The molecule has 1 saturated heterocycles. The summed E-state index contributed by atoms with van der Waals surface area (Å²) >= 11 is 0. The van der Waals surface area contributed by atoms with Crippen molar-refractivity contribution in [2.45, 2.75) is 52.5 Å². The molecule has 2 bridgehead atoms.